The Hall–Kier alpha value is -9.70. The van der Waals surface area contributed by atoms with Gasteiger partial charge in [-0.2, -0.15) is 0 Å². The average Bonchev–Trinajstić information content (AvgIpc) is 1.66. The van der Waals surface area contributed by atoms with Crippen molar-refractivity contribution in [2.75, 3.05) is 20.0 Å². The van der Waals surface area contributed by atoms with E-state index in [0.717, 1.165) is 61.3 Å². The molecule has 14 rings (SSSR count). The van der Waals surface area contributed by atoms with E-state index in [1.54, 1.807) is 0 Å². The number of hydrogen-bond acceptors (Lipinski definition) is 6. The zero-order valence-corrected chi connectivity index (χ0v) is 79.1. The van der Waals surface area contributed by atoms with Crippen molar-refractivity contribution in [2.45, 2.75) is 199 Å². The molecule has 0 atom stereocenters. The lowest BCUT2D eigenvalue weighted by atomic mass is 9.86. The van der Waals surface area contributed by atoms with Crippen molar-refractivity contribution in [3.05, 3.63) is 359 Å². The predicted octanol–water partition coefficient (Wildman–Crippen LogP) is 35.7. The normalized spacial score (nSPS) is 12.0. The molecular weight excluding hydrogens is 1590 g/mol. The molecule has 0 unspecified atom stereocenters. The number of rotatable bonds is 15. The molecule has 0 fully saturated rings. The number of halogens is 3. The third kappa shape index (κ3) is 20.8. The van der Waals surface area contributed by atoms with Crippen LogP contribution in [0.2, 0.25) is 10.0 Å². The van der Waals surface area contributed by atoms with Gasteiger partial charge in [0.15, 0.2) is 0 Å². The first-order valence-corrected chi connectivity index (χ1v) is 44.9. The smallest absolute Gasteiger partial charge is 0.0653 e. The van der Waals surface area contributed by atoms with Gasteiger partial charge in [0.05, 0.1) is 11.4 Å². The Labute approximate surface area is 739 Å². The number of anilines is 11. The minimum Gasteiger partial charge on any atom is -0.354 e. The monoisotopic (exact) mass is 1710 g/mol. The van der Waals surface area contributed by atoms with Gasteiger partial charge in [0.2, 0.25) is 0 Å². The molecule has 0 bridgehead atoms. The lowest BCUT2D eigenvalue weighted by molar-refractivity contribution is 0.589. The molecule has 0 spiro atoms. The van der Waals surface area contributed by atoms with Crippen LogP contribution >= 0.6 is 61.8 Å². The molecule has 0 amide bonds. The van der Waals surface area contributed by atoms with Gasteiger partial charge in [0.25, 0.3) is 0 Å². The van der Waals surface area contributed by atoms with Crippen LogP contribution in [-0.4, -0.2) is 0 Å². The molecule has 612 valence electrons. The fraction of sp³-hybridized carbons (Fsp3) is 0.273. The number of nitrogens with zero attached hydrogens (tertiary/aromatic N) is 3. The van der Waals surface area contributed by atoms with Crippen LogP contribution in [0, 0.1) is 41.5 Å². The molecule has 4 nitrogen and oxygen atoms in total. The molecule has 1 N–H and O–H groups in total. The largest absolute Gasteiger partial charge is 0.354 e. The molecule has 2 aromatic heterocycles. The van der Waals surface area contributed by atoms with Crippen LogP contribution in [0.1, 0.15) is 191 Å². The van der Waals surface area contributed by atoms with E-state index >= 15 is 0 Å². The number of hydrogen-bond donors (Lipinski definition) is 1. The van der Waals surface area contributed by atoms with Gasteiger partial charge in [-0.05, 0) is 260 Å². The molecule has 0 saturated carbocycles. The van der Waals surface area contributed by atoms with E-state index in [0.29, 0.717) is 10.0 Å². The van der Waals surface area contributed by atoms with Gasteiger partial charge >= 0.3 is 0 Å². The van der Waals surface area contributed by atoms with Gasteiger partial charge in [-0.3, -0.25) is 0 Å². The molecule has 2 heterocycles. The first-order valence-electron chi connectivity index (χ1n) is 41.6. The van der Waals surface area contributed by atoms with Crippen LogP contribution in [-0.2, 0) is 32.5 Å². The van der Waals surface area contributed by atoms with Crippen molar-refractivity contribution in [3.8, 4) is 43.1 Å². The van der Waals surface area contributed by atoms with Crippen molar-refractivity contribution < 1.29 is 0 Å². The third-order valence-corrected chi connectivity index (χ3v) is 25.4. The highest BCUT2D eigenvalue weighted by molar-refractivity contribution is 9.10. The molecule has 0 aliphatic heterocycles. The Morgan fingerprint density at radius 3 is 0.933 bits per heavy atom. The summed E-state index contributed by atoms with van der Waals surface area (Å²) in [5, 5.41) is 9.75. The highest BCUT2D eigenvalue weighted by Gasteiger charge is 2.30. The second kappa shape index (κ2) is 35.9. The van der Waals surface area contributed by atoms with Crippen LogP contribution in [0.25, 0.3) is 43.1 Å². The fourth-order valence-electron chi connectivity index (χ4n) is 15.3. The van der Waals surface area contributed by atoms with E-state index in [2.05, 4.69) is 468 Å². The van der Waals surface area contributed by atoms with Crippen LogP contribution in [0.3, 0.4) is 0 Å². The molecule has 0 saturated heterocycles. The summed E-state index contributed by atoms with van der Waals surface area (Å²) in [6.07, 6.45) is 0. The van der Waals surface area contributed by atoms with Crippen molar-refractivity contribution in [2.24, 2.45) is 0 Å². The van der Waals surface area contributed by atoms with Crippen LogP contribution in [0.5, 0.6) is 0 Å². The van der Waals surface area contributed by atoms with Crippen molar-refractivity contribution in [3.63, 3.8) is 0 Å². The summed E-state index contributed by atoms with van der Waals surface area (Å²) in [6.45, 7) is 53.9. The van der Waals surface area contributed by atoms with Crippen LogP contribution < -0.4 is 20.0 Å². The molecule has 0 aliphatic carbocycles. The second-order valence-electron chi connectivity index (χ2n) is 38.1. The number of aryl methyl sites for hydroxylation is 6. The highest BCUT2D eigenvalue weighted by Crippen LogP contribution is 2.54. The highest BCUT2D eigenvalue weighted by atomic mass is 79.9. The summed E-state index contributed by atoms with van der Waals surface area (Å²) in [4.78, 5) is 9.61. The van der Waals surface area contributed by atoms with Crippen LogP contribution in [0.4, 0.5) is 62.6 Å². The number of nitrogens with one attached hydrogen (secondary N) is 1. The maximum absolute atomic E-state index is 7.34. The molecule has 119 heavy (non-hydrogen) atoms. The lowest BCUT2D eigenvalue weighted by Gasteiger charge is -2.32. The number of benzene rings is 12. The van der Waals surface area contributed by atoms with Crippen molar-refractivity contribution in [1.82, 2.24) is 0 Å². The van der Waals surface area contributed by atoms with E-state index in [4.69, 9.17) is 23.2 Å². The third-order valence-electron chi connectivity index (χ3n) is 22.5. The summed E-state index contributed by atoms with van der Waals surface area (Å²) < 4.78 is 0.961. The Morgan fingerprint density at radius 1 is 0.261 bits per heavy atom. The number of thiophene rings is 2. The quantitative estimate of drug-likeness (QED) is 0.110. The Bertz CT molecular complexity index is 5750. The zero-order valence-electron chi connectivity index (χ0n) is 74.4. The van der Waals surface area contributed by atoms with E-state index < -0.39 is 0 Å². The van der Waals surface area contributed by atoms with E-state index in [9.17, 15) is 0 Å². The Balaban J connectivity index is 0.000000181. The summed E-state index contributed by atoms with van der Waals surface area (Å²) in [5.74, 6) is 0. The van der Waals surface area contributed by atoms with Gasteiger partial charge in [0.1, 0.15) is 0 Å². The minimum atomic E-state index is 0.00954. The standard InChI is InChI=1S/C55H59ClN2S.C29H31NS.C26H29BrClN/c1-36-17-13-15-19-47(36)51-50(35-59-52(51)48-20-16-14-18-37(48)2)58(49-30-25-41(31-38(49)3)55(10,11)12)46-33-42(56)32-45(34-46)57(43-26-21-39(22-27-43)53(4,5)6)44-28-23-40(24-29-44)54(7,8)9;1-19-11-7-9-13-23(19)27-26(18-31-28(27)24-14-10-8-12-20(24)2)30-25-16-15-22(17-21(25)3)29(4,5)6;1-25(2,3)18-7-11-22(12-8-18)29(24-16-20(27)15-21(28)17-24)23-13-9-19(10-14-23)26(4,5)6/h13-35H,1-12H3;7-18,30H,1-6H3;7-17H,1-6H3. The first kappa shape index (κ1) is 88.6. The molecule has 14 aromatic rings. The van der Waals surface area contributed by atoms with Gasteiger partial charge in [-0.15, -0.1) is 22.7 Å². The van der Waals surface area contributed by atoms with E-state index in [1.807, 2.05) is 34.8 Å². The lowest BCUT2D eigenvalue weighted by Crippen LogP contribution is -2.16. The second-order valence-corrected chi connectivity index (χ2v) is 41.6. The van der Waals surface area contributed by atoms with Crippen molar-refractivity contribution >= 4 is 124 Å². The maximum atomic E-state index is 7.34. The maximum Gasteiger partial charge on any atom is 0.0653 e. The summed E-state index contributed by atoms with van der Waals surface area (Å²) >= 11 is 20.9. The fourth-order valence-corrected chi connectivity index (χ4v) is 18.6. The molecule has 9 heteroatoms. The molecule has 0 radical (unpaired) electrons. The summed E-state index contributed by atoms with van der Waals surface area (Å²) in [7, 11) is 0. The summed E-state index contributed by atoms with van der Waals surface area (Å²) in [5.41, 5.74) is 35.4. The van der Waals surface area contributed by atoms with Gasteiger partial charge in [-0.1, -0.05) is 334 Å². The molecule has 0 aliphatic rings. The van der Waals surface area contributed by atoms with Gasteiger partial charge < -0.3 is 20.0 Å². The predicted molar refractivity (Wildman–Crippen MR) is 529 cm³/mol. The first-order chi connectivity index (χ1) is 56.0. The Kier molecular flexibility index (Phi) is 26.7. The summed E-state index contributed by atoms with van der Waals surface area (Å²) in [6, 6.07) is 96.8. The minimum absolute atomic E-state index is 0.00954. The Morgan fingerprint density at radius 2 is 0.571 bits per heavy atom. The topological polar surface area (TPSA) is 21.8 Å². The molecule has 12 aromatic carbocycles. The molecular formula is C110H119BrCl2N4S2. The van der Waals surface area contributed by atoms with E-state index in [1.165, 1.54) is 116 Å². The SMILES string of the molecule is CC(C)(C)c1ccc(N(c2ccc(C(C)(C)C)cc2)c2cc(Cl)cc(Br)c2)cc1.Cc1cc(C(C)(C)C)ccc1Nc1csc(-c2ccccc2C)c1-c1ccccc1C.Cc1ccccc1-c1scc(N(c2cc(Cl)cc(N(c3ccc(C(C)(C)C)cc3)c3ccc(C(C)(C)C)cc3)c2)c2ccc(C(C)(C)C)cc2C)c1-c1ccccc1C. The van der Waals surface area contributed by atoms with Crippen LogP contribution in [0.15, 0.2) is 282 Å². The van der Waals surface area contributed by atoms with E-state index in [-0.39, 0.29) is 32.5 Å². The zero-order chi connectivity index (χ0) is 86.0. The van der Waals surface area contributed by atoms with Crippen molar-refractivity contribution in [1.29, 1.82) is 0 Å². The van der Waals surface area contributed by atoms with Gasteiger partial charge in [0, 0.05) is 97.3 Å². The van der Waals surface area contributed by atoms with Gasteiger partial charge in [-0.25, -0.2) is 0 Å². The average molecular weight is 1710 g/mol.